The summed E-state index contributed by atoms with van der Waals surface area (Å²) >= 11 is 0. The van der Waals surface area contributed by atoms with Crippen LogP contribution in [0.4, 0.5) is 0 Å². The average molecular weight is 279 g/mol. The van der Waals surface area contributed by atoms with Gasteiger partial charge in [-0.15, -0.1) is 0 Å². The number of hydrogen-bond donors (Lipinski definition) is 0. The van der Waals surface area contributed by atoms with Crippen LogP contribution in [0.2, 0.25) is 0 Å². The highest BCUT2D eigenvalue weighted by Gasteiger charge is 2.29. The van der Waals surface area contributed by atoms with Gasteiger partial charge in [0.25, 0.3) is 0 Å². The Morgan fingerprint density at radius 3 is 2.10 bits per heavy atom. The van der Waals surface area contributed by atoms with Crippen LogP contribution in [0.25, 0.3) is 0 Å². The number of rotatable bonds is 6. The van der Waals surface area contributed by atoms with Gasteiger partial charge in [0.15, 0.2) is 11.5 Å². The van der Waals surface area contributed by atoms with Crippen LogP contribution in [-0.2, 0) is 11.2 Å². The topological polar surface area (TPSA) is 48.0 Å². The Hall–Kier alpha value is -1.91. The molecule has 0 atom stereocenters. The van der Waals surface area contributed by atoms with Gasteiger partial charge in [-0.25, -0.2) is 0 Å². The van der Waals surface area contributed by atoms with E-state index in [-0.39, 0.29) is 5.91 Å². The molecule has 1 aliphatic rings. The van der Waals surface area contributed by atoms with Crippen LogP contribution in [0.3, 0.4) is 0 Å². The van der Waals surface area contributed by atoms with Gasteiger partial charge in [-0.2, -0.15) is 0 Å². The number of methoxy groups -OCH3 is 3. The summed E-state index contributed by atoms with van der Waals surface area (Å²) in [5, 5.41) is 0. The molecule has 0 unspecified atom stereocenters. The van der Waals surface area contributed by atoms with E-state index in [1.165, 1.54) is 0 Å². The molecule has 20 heavy (non-hydrogen) atoms. The van der Waals surface area contributed by atoms with Crippen LogP contribution in [0.5, 0.6) is 17.2 Å². The smallest absolute Gasteiger partial charge is 0.226 e. The first-order valence-corrected chi connectivity index (χ1v) is 6.65. The van der Waals surface area contributed by atoms with Gasteiger partial charge in [-0.3, -0.25) is 4.79 Å². The second kappa shape index (κ2) is 6.03. The summed E-state index contributed by atoms with van der Waals surface area (Å²) in [5.41, 5.74) is 0.858. The van der Waals surface area contributed by atoms with Crippen molar-refractivity contribution >= 4 is 5.91 Å². The third kappa shape index (κ3) is 2.98. The highest BCUT2D eigenvalue weighted by molar-refractivity contribution is 5.79. The van der Waals surface area contributed by atoms with E-state index in [9.17, 15) is 4.79 Å². The molecule has 1 saturated carbocycles. The average Bonchev–Trinajstić information content (AvgIpc) is 3.29. The minimum Gasteiger partial charge on any atom is -0.493 e. The van der Waals surface area contributed by atoms with Crippen molar-refractivity contribution < 1.29 is 19.0 Å². The van der Waals surface area contributed by atoms with E-state index >= 15 is 0 Å². The fraction of sp³-hybridized carbons (Fsp3) is 0.533. The van der Waals surface area contributed by atoms with Crippen molar-refractivity contribution in [3.63, 3.8) is 0 Å². The van der Waals surface area contributed by atoms with E-state index in [1.54, 1.807) is 21.3 Å². The molecule has 1 aliphatic carbocycles. The monoisotopic (exact) mass is 279 g/mol. The maximum absolute atomic E-state index is 12.2. The SMILES string of the molecule is COc1cc(CC(=O)N(C)C2CC2)cc(OC)c1OC. The van der Waals surface area contributed by atoms with Crippen LogP contribution in [0, 0.1) is 0 Å². The van der Waals surface area contributed by atoms with Gasteiger partial charge in [0.05, 0.1) is 27.8 Å². The third-order valence-electron chi connectivity index (χ3n) is 3.57. The molecule has 5 heteroatoms. The van der Waals surface area contributed by atoms with Gasteiger partial charge in [0, 0.05) is 13.1 Å². The molecular formula is C15H21NO4. The molecule has 0 saturated heterocycles. The highest BCUT2D eigenvalue weighted by atomic mass is 16.5. The number of benzene rings is 1. The number of amides is 1. The van der Waals surface area contributed by atoms with E-state index in [0.717, 1.165) is 18.4 Å². The van der Waals surface area contributed by atoms with Crippen LogP contribution in [0.1, 0.15) is 18.4 Å². The molecule has 1 fully saturated rings. The predicted molar refractivity (Wildman–Crippen MR) is 75.6 cm³/mol. The number of nitrogens with zero attached hydrogens (tertiary/aromatic N) is 1. The number of likely N-dealkylation sites (N-methyl/N-ethyl adjacent to an activating group) is 1. The minimum absolute atomic E-state index is 0.113. The molecule has 0 heterocycles. The molecule has 0 radical (unpaired) electrons. The summed E-state index contributed by atoms with van der Waals surface area (Å²) in [7, 11) is 6.56. The van der Waals surface area contributed by atoms with Crippen LogP contribution in [0.15, 0.2) is 12.1 Å². The molecule has 1 amide bonds. The lowest BCUT2D eigenvalue weighted by atomic mass is 10.1. The summed E-state index contributed by atoms with van der Waals surface area (Å²) < 4.78 is 15.9. The molecule has 2 rings (SSSR count). The fourth-order valence-electron chi connectivity index (χ4n) is 2.20. The molecule has 1 aromatic rings. The largest absolute Gasteiger partial charge is 0.493 e. The van der Waals surface area contributed by atoms with Crippen molar-refractivity contribution in [2.45, 2.75) is 25.3 Å². The van der Waals surface area contributed by atoms with Gasteiger partial charge >= 0.3 is 0 Å². The van der Waals surface area contributed by atoms with Crippen molar-refractivity contribution in [1.29, 1.82) is 0 Å². The Bertz CT molecular complexity index is 472. The Morgan fingerprint density at radius 2 is 1.70 bits per heavy atom. The van der Waals surface area contributed by atoms with Crippen molar-refractivity contribution in [3.05, 3.63) is 17.7 Å². The normalized spacial score (nSPS) is 13.8. The molecule has 5 nitrogen and oxygen atoms in total. The third-order valence-corrected chi connectivity index (χ3v) is 3.57. The number of hydrogen-bond acceptors (Lipinski definition) is 4. The zero-order chi connectivity index (χ0) is 14.7. The van der Waals surface area contributed by atoms with Crippen molar-refractivity contribution in [2.24, 2.45) is 0 Å². The Labute approximate surface area is 119 Å². The molecular weight excluding hydrogens is 258 g/mol. The zero-order valence-corrected chi connectivity index (χ0v) is 12.4. The van der Waals surface area contributed by atoms with E-state index in [0.29, 0.717) is 29.7 Å². The molecule has 1 aromatic carbocycles. The van der Waals surface area contributed by atoms with E-state index < -0.39 is 0 Å². The maximum Gasteiger partial charge on any atom is 0.226 e. The molecule has 0 aromatic heterocycles. The van der Waals surface area contributed by atoms with Gasteiger partial charge in [0.1, 0.15) is 0 Å². The van der Waals surface area contributed by atoms with Gasteiger partial charge in [0.2, 0.25) is 11.7 Å². The van der Waals surface area contributed by atoms with Crippen LogP contribution < -0.4 is 14.2 Å². The first-order valence-electron chi connectivity index (χ1n) is 6.65. The number of ether oxygens (including phenoxy) is 3. The molecule has 0 aliphatic heterocycles. The van der Waals surface area contributed by atoms with Gasteiger partial charge < -0.3 is 19.1 Å². The fourth-order valence-corrected chi connectivity index (χ4v) is 2.20. The molecule has 110 valence electrons. The number of carbonyl (C=O) groups excluding carboxylic acids is 1. The van der Waals surface area contributed by atoms with Crippen LogP contribution in [-0.4, -0.2) is 45.2 Å². The zero-order valence-electron chi connectivity index (χ0n) is 12.4. The van der Waals surface area contributed by atoms with Gasteiger partial charge in [-0.05, 0) is 30.5 Å². The van der Waals surface area contributed by atoms with Crippen molar-refractivity contribution in [2.75, 3.05) is 28.4 Å². The second-order valence-corrected chi connectivity index (χ2v) is 4.95. The Balaban J connectivity index is 2.20. The van der Waals surface area contributed by atoms with Crippen molar-refractivity contribution in [1.82, 2.24) is 4.90 Å². The summed E-state index contributed by atoms with van der Waals surface area (Å²) in [6.45, 7) is 0. The van der Waals surface area contributed by atoms with E-state index in [4.69, 9.17) is 14.2 Å². The first kappa shape index (κ1) is 14.5. The van der Waals surface area contributed by atoms with E-state index in [1.807, 2.05) is 24.1 Å². The summed E-state index contributed by atoms with van der Waals surface area (Å²) in [5.74, 6) is 1.80. The second-order valence-electron chi connectivity index (χ2n) is 4.95. The maximum atomic E-state index is 12.2. The molecule has 0 N–H and O–H groups in total. The Morgan fingerprint density at radius 1 is 1.15 bits per heavy atom. The summed E-state index contributed by atoms with van der Waals surface area (Å²) in [6, 6.07) is 4.06. The quantitative estimate of drug-likeness (QED) is 0.797. The standard InChI is InChI=1S/C15H21NO4/c1-16(11-5-6-11)14(17)9-10-7-12(18-2)15(20-4)13(8-10)19-3/h7-8,11H,5-6,9H2,1-4H3. The predicted octanol–water partition coefficient (Wildman–Crippen LogP) is 1.88. The van der Waals surface area contributed by atoms with E-state index in [2.05, 4.69) is 0 Å². The number of carbonyl (C=O) groups is 1. The van der Waals surface area contributed by atoms with Crippen molar-refractivity contribution in [3.8, 4) is 17.2 Å². The lowest BCUT2D eigenvalue weighted by Gasteiger charge is -2.18. The Kier molecular flexibility index (Phi) is 4.37. The van der Waals surface area contributed by atoms with Crippen LogP contribution >= 0.6 is 0 Å². The minimum atomic E-state index is 0.113. The molecule has 0 spiro atoms. The first-order chi connectivity index (χ1) is 9.60. The summed E-state index contributed by atoms with van der Waals surface area (Å²) in [4.78, 5) is 14.0. The highest BCUT2D eigenvalue weighted by Crippen LogP contribution is 2.38. The lowest BCUT2D eigenvalue weighted by Crippen LogP contribution is -2.30. The summed E-state index contributed by atoms with van der Waals surface area (Å²) in [6.07, 6.45) is 2.55. The molecule has 0 bridgehead atoms. The van der Waals surface area contributed by atoms with Gasteiger partial charge in [-0.1, -0.05) is 0 Å². The lowest BCUT2D eigenvalue weighted by molar-refractivity contribution is -0.129.